The molecule has 32 heavy (non-hydrogen) atoms. The van der Waals surface area contributed by atoms with Crippen LogP contribution in [0.3, 0.4) is 0 Å². The number of aromatic nitrogens is 3. The van der Waals surface area contributed by atoms with Crippen LogP contribution in [0, 0.1) is 6.92 Å². The van der Waals surface area contributed by atoms with Crippen LogP contribution in [0.25, 0.3) is 16.7 Å². The van der Waals surface area contributed by atoms with Gasteiger partial charge in [-0.3, -0.25) is 0 Å². The number of hydrogen-bond acceptors (Lipinski definition) is 6. The number of carboxylic acid groups (broad SMARTS) is 1. The Labute approximate surface area is 190 Å². The zero-order valence-corrected chi connectivity index (χ0v) is 19.2. The lowest BCUT2D eigenvalue weighted by atomic mass is 10.0. The normalized spacial score (nSPS) is 19.0. The van der Waals surface area contributed by atoms with Crippen LogP contribution in [0.2, 0.25) is 5.15 Å². The highest BCUT2D eigenvalue weighted by Gasteiger charge is 2.35. The fourth-order valence-electron chi connectivity index (χ4n) is 4.30. The summed E-state index contributed by atoms with van der Waals surface area (Å²) in [6.45, 7) is 8.67. The maximum atomic E-state index is 13.4. The van der Waals surface area contributed by atoms with Gasteiger partial charge in [0.05, 0.1) is 11.1 Å². The molecule has 1 aliphatic heterocycles. The SMILES string of the molecule is Cc1cc2c(N3C(C)CNCC3C(=O)O)nc(=O)n(-c3ccccc3C(C)C)c2nc1Cl. The molecule has 9 heteroatoms. The number of anilines is 1. The number of carboxylic acids is 1. The first-order chi connectivity index (χ1) is 15.2. The van der Waals surface area contributed by atoms with Crippen molar-refractivity contribution in [1.82, 2.24) is 19.9 Å². The van der Waals surface area contributed by atoms with Gasteiger partial charge in [-0.25, -0.2) is 19.1 Å². The van der Waals surface area contributed by atoms with Crippen molar-refractivity contribution in [2.45, 2.75) is 45.7 Å². The number of piperazine rings is 1. The number of aliphatic carboxylic acids is 1. The first-order valence-corrected chi connectivity index (χ1v) is 11.0. The standard InChI is InChI=1S/C23H26ClN5O3/c1-12(2)15-7-5-6-8-17(15)29-20-16(9-13(3)19(24)26-20)21(27-23(29)32)28-14(4)10-25-11-18(28)22(30)31/h5-9,12,14,18,25H,10-11H2,1-4H3,(H,30,31). The van der Waals surface area contributed by atoms with E-state index in [0.717, 1.165) is 11.1 Å². The molecule has 0 amide bonds. The highest BCUT2D eigenvalue weighted by molar-refractivity contribution is 6.30. The Morgan fingerprint density at radius 1 is 1.25 bits per heavy atom. The first kappa shape index (κ1) is 22.2. The molecule has 2 atom stereocenters. The number of benzene rings is 1. The molecule has 1 fully saturated rings. The second kappa shape index (κ2) is 8.52. The van der Waals surface area contributed by atoms with Crippen molar-refractivity contribution in [2.75, 3.05) is 18.0 Å². The Morgan fingerprint density at radius 3 is 2.66 bits per heavy atom. The van der Waals surface area contributed by atoms with E-state index in [0.29, 0.717) is 29.1 Å². The number of nitrogens with zero attached hydrogens (tertiary/aromatic N) is 4. The van der Waals surface area contributed by atoms with Gasteiger partial charge < -0.3 is 15.3 Å². The van der Waals surface area contributed by atoms with E-state index in [1.54, 1.807) is 4.90 Å². The van der Waals surface area contributed by atoms with E-state index in [1.807, 2.05) is 44.2 Å². The second-order valence-electron chi connectivity index (χ2n) is 8.50. The van der Waals surface area contributed by atoms with Gasteiger partial charge in [0.25, 0.3) is 0 Å². The number of fused-ring (bicyclic) bond motifs is 1. The van der Waals surface area contributed by atoms with Gasteiger partial charge in [0.15, 0.2) is 5.65 Å². The Kier molecular flexibility index (Phi) is 5.92. The van der Waals surface area contributed by atoms with Crippen LogP contribution in [0.4, 0.5) is 5.82 Å². The van der Waals surface area contributed by atoms with Crippen molar-refractivity contribution in [1.29, 1.82) is 0 Å². The molecule has 3 heterocycles. The summed E-state index contributed by atoms with van der Waals surface area (Å²) in [7, 11) is 0. The van der Waals surface area contributed by atoms with E-state index in [2.05, 4.69) is 29.1 Å². The van der Waals surface area contributed by atoms with E-state index in [-0.39, 0.29) is 23.7 Å². The average molecular weight is 456 g/mol. The predicted octanol–water partition coefficient (Wildman–Crippen LogP) is 3.12. The highest BCUT2D eigenvalue weighted by Crippen LogP contribution is 2.32. The summed E-state index contributed by atoms with van der Waals surface area (Å²) in [5, 5.41) is 13.8. The van der Waals surface area contributed by atoms with Crippen molar-refractivity contribution < 1.29 is 9.90 Å². The fraction of sp³-hybridized carbons (Fsp3) is 0.391. The molecule has 0 radical (unpaired) electrons. The molecule has 1 aliphatic rings. The van der Waals surface area contributed by atoms with Gasteiger partial charge in [-0.05, 0) is 43.0 Å². The minimum Gasteiger partial charge on any atom is -0.480 e. The number of hydrogen-bond donors (Lipinski definition) is 2. The summed E-state index contributed by atoms with van der Waals surface area (Å²) in [4.78, 5) is 36.1. The molecule has 8 nitrogen and oxygen atoms in total. The molecule has 0 saturated carbocycles. The molecule has 2 N–H and O–H groups in total. The third-order valence-corrected chi connectivity index (χ3v) is 6.28. The lowest BCUT2D eigenvalue weighted by Crippen LogP contribution is -2.60. The topological polar surface area (TPSA) is 100 Å². The van der Waals surface area contributed by atoms with Crippen molar-refractivity contribution >= 4 is 34.4 Å². The van der Waals surface area contributed by atoms with Crippen molar-refractivity contribution in [2.24, 2.45) is 0 Å². The van der Waals surface area contributed by atoms with Gasteiger partial charge in [-0.2, -0.15) is 4.98 Å². The number of nitrogens with one attached hydrogen (secondary N) is 1. The van der Waals surface area contributed by atoms with E-state index in [4.69, 9.17) is 11.6 Å². The molecule has 2 aromatic heterocycles. The molecule has 168 valence electrons. The third-order valence-electron chi connectivity index (χ3n) is 5.89. The van der Waals surface area contributed by atoms with Gasteiger partial charge in [0.2, 0.25) is 0 Å². The molecule has 1 saturated heterocycles. The molecule has 1 aromatic carbocycles. The summed E-state index contributed by atoms with van der Waals surface area (Å²) in [6, 6.07) is 8.41. The van der Waals surface area contributed by atoms with Crippen LogP contribution in [0.5, 0.6) is 0 Å². The smallest absolute Gasteiger partial charge is 0.355 e. The molecule has 0 aliphatic carbocycles. The first-order valence-electron chi connectivity index (χ1n) is 10.6. The summed E-state index contributed by atoms with van der Waals surface area (Å²) >= 11 is 6.38. The largest absolute Gasteiger partial charge is 0.480 e. The molecular formula is C23H26ClN5O3. The molecule has 3 aromatic rings. The second-order valence-corrected chi connectivity index (χ2v) is 8.86. The van der Waals surface area contributed by atoms with Gasteiger partial charge in [0, 0.05) is 19.1 Å². The van der Waals surface area contributed by atoms with Crippen LogP contribution >= 0.6 is 11.6 Å². The number of carbonyl (C=O) groups is 1. The highest BCUT2D eigenvalue weighted by atomic mass is 35.5. The maximum absolute atomic E-state index is 13.4. The van der Waals surface area contributed by atoms with Crippen molar-refractivity contribution in [3.63, 3.8) is 0 Å². The molecule has 4 rings (SSSR count). The monoisotopic (exact) mass is 455 g/mol. The molecule has 2 unspecified atom stereocenters. The Morgan fingerprint density at radius 2 is 1.97 bits per heavy atom. The Hall–Kier alpha value is -2.97. The number of aryl methyl sites for hydroxylation is 1. The van der Waals surface area contributed by atoms with E-state index >= 15 is 0 Å². The predicted molar refractivity (Wildman–Crippen MR) is 125 cm³/mol. The van der Waals surface area contributed by atoms with Gasteiger partial charge in [-0.15, -0.1) is 0 Å². The fourth-order valence-corrected chi connectivity index (χ4v) is 4.43. The van der Waals surface area contributed by atoms with Gasteiger partial charge in [-0.1, -0.05) is 43.6 Å². The van der Waals surface area contributed by atoms with Crippen LogP contribution in [-0.4, -0.2) is 50.8 Å². The lowest BCUT2D eigenvalue weighted by molar-refractivity contribution is -0.138. The average Bonchev–Trinajstić information content (AvgIpc) is 2.74. The zero-order chi connectivity index (χ0) is 23.2. The maximum Gasteiger partial charge on any atom is 0.355 e. The van der Waals surface area contributed by atoms with Crippen molar-refractivity contribution in [3.05, 3.63) is 57.1 Å². The van der Waals surface area contributed by atoms with E-state index < -0.39 is 17.7 Å². The Bertz CT molecular complexity index is 1260. The molecule has 0 bridgehead atoms. The Balaban J connectivity index is 2.08. The van der Waals surface area contributed by atoms with Crippen LogP contribution in [0.1, 0.15) is 37.8 Å². The quantitative estimate of drug-likeness (QED) is 0.583. The van der Waals surface area contributed by atoms with E-state index in [1.165, 1.54) is 4.57 Å². The summed E-state index contributed by atoms with van der Waals surface area (Å²) < 4.78 is 1.47. The number of pyridine rings is 1. The lowest BCUT2D eigenvalue weighted by Gasteiger charge is -2.40. The third kappa shape index (κ3) is 3.73. The van der Waals surface area contributed by atoms with E-state index in [9.17, 15) is 14.7 Å². The summed E-state index contributed by atoms with van der Waals surface area (Å²) in [6.07, 6.45) is 0. The van der Waals surface area contributed by atoms with Gasteiger partial charge >= 0.3 is 11.7 Å². The minimum absolute atomic E-state index is 0.165. The number of halogens is 1. The van der Waals surface area contributed by atoms with Crippen LogP contribution in [0.15, 0.2) is 35.1 Å². The van der Waals surface area contributed by atoms with Gasteiger partial charge in [0.1, 0.15) is 17.0 Å². The number of rotatable bonds is 4. The van der Waals surface area contributed by atoms with Crippen molar-refractivity contribution in [3.8, 4) is 5.69 Å². The zero-order valence-electron chi connectivity index (χ0n) is 18.5. The molecule has 0 spiro atoms. The number of para-hydroxylation sites is 1. The summed E-state index contributed by atoms with van der Waals surface area (Å²) in [5.74, 6) is -0.498. The van der Waals surface area contributed by atoms with Crippen LogP contribution in [-0.2, 0) is 4.79 Å². The summed E-state index contributed by atoms with van der Waals surface area (Å²) in [5.41, 5.74) is 2.22. The molecular weight excluding hydrogens is 430 g/mol. The minimum atomic E-state index is -0.980. The van der Waals surface area contributed by atoms with Crippen LogP contribution < -0.4 is 15.9 Å².